The molecule has 0 aliphatic heterocycles. The molecule has 0 spiro atoms. The molecule has 1 atom stereocenters. The van der Waals surface area contributed by atoms with E-state index in [1.165, 1.54) is 5.56 Å². The van der Waals surface area contributed by atoms with E-state index < -0.39 is 0 Å². The zero-order chi connectivity index (χ0) is 17.2. The van der Waals surface area contributed by atoms with E-state index in [0.29, 0.717) is 11.8 Å². The standard InChI is InChI=1S/C19H25N3O2/c1-4-5-9-17(24-19-11-6-10-18(21-19)23-3)15-22(2)14-16-8-7-12-20-13-16/h4,6-8,10-13,17H,1,5,9,14-15H2,2-3H3/t17-/m0/s1. The lowest BCUT2D eigenvalue weighted by Crippen LogP contribution is -2.33. The molecule has 0 radical (unpaired) electrons. The summed E-state index contributed by atoms with van der Waals surface area (Å²) in [6, 6.07) is 9.57. The molecule has 0 aliphatic rings. The molecule has 2 rings (SSSR count). The first-order chi connectivity index (χ1) is 11.7. The number of nitrogens with zero attached hydrogens (tertiary/aromatic N) is 3. The molecule has 0 bridgehead atoms. The fourth-order valence-corrected chi connectivity index (χ4v) is 2.45. The third kappa shape index (κ3) is 6.01. The monoisotopic (exact) mass is 327 g/mol. The minimum Gasteiger partial charge on any atom is -0.481 e. The minimum absolute atomic E-state index is 0.0317. The van der Waals surface area contributed by atoms with Gasteiger partial charge in [-0.1, -0.05) is 18.2 Å². The second-order valence-electron chi connectivity index (χ2n) is 5.68. The van der Waals surface area contributed by atoms with Crippen LogP contribution in [0.25, 0.3) is 0 Å². The van der Waals surface area contributed by atoms with Gasteiger partial charge in [-0.3, -0.25) is 9.88 Å². The lowest BCUT2D eigenvalue weighted by atomic mass is 10.1. The van der Waals surface area contributed by atoms with Crippen LogP contribution in [0.5, 0.6) is 11.8 Å². The third-order valence-corrected chi connectivity index (χ3v) is 3.58. The van der Waals surface area contributed by atoms with Gasteiger partial charge in [-0.05, 0) is 31.5 Å². The van der Waals surface area contributed by atoms with Crippen molar-refractivity contribution in [3.8, 4) is 11.8 Å². The number of likely N-dealkylation sites (N-methyl/N-ethyl adjacent to an activating group) is 1. The van der Waals surface area contributed by atoms with Crippen molar-refractivity contribution in [1.29, 1.82) is 0 Å². The number of hydrogen-bond donors (Lipinski definition) is 0. The Morgan fingerprint density at radius 3 is 2.79 bits per heavy atom. The average Bonchev–Trinajstić information content (AvgIpc) is 2.60. The molecule has 0 saturated heterocycles. The van der Waals surface area contributed by atoms with Gasteiger partial charge in [-0.2, -0.15) is 4.98 Å². The summed E-state index contributed by atoms with van der Waals surface area (Å²) in [7, 11) is 3.68. The van der Waals surface area contributed by atoms with Crippen molar-refractivity contribution in [3.05, 3.63) is 60.9 Å². The average molecular weight is 327 g/mol. The van der Waals surface area contributed by atoms with Gasteiger partial charge in [0.15, 0.2) is 0 Å². The number of hydrogen-bond acceptors (Lipinski definition) is 5. The summed E-state index contributed by atoms with van der Waals surface area (Å²) in [5.74, 6) is 1.14. The highest BCUT2D eigenvalue weighted by molar-refractivity contribution is 5.19. The quantitative estimate of drug-likeness (QED) is 0.626. The fourth-order valence-electron chi connectivity index (χ4n) is 2.45. The summed E-state index contributed by atoms with van der Waals surface area (Å²) in [6.07, 6.45) is 7.41. The molecule has 24 heavy (non-hydrogen) atoms. The topological polar surface area (TPSA) is 47.5 Å². The summed E-state index contributed by atoms with van der Waals surface area (Å²) in [4.78, 5) is 10.7. The molecule has 2 heterocycles. The van der Waals surface area contributed by atoms with E-state index in [9.17, 15) is 0 Å². The van der Waals surface area contributed by atoms with E-state index >= 15 is 0 Å². The number of ether oxygens (including phenoxy) is 2. The maximum Gasteiger partial charge on any atom is 0.216 e. The predicted molar refractivity (Wildman–Crippen MR) is 95.2 cm³/mol. The zero-order valence-electron chi connectivity index (χ0n) is 14.4. The molecule has 128 valence electrons. The van der Waals surface area contributed by atoms with Gasteiger partial charge >= 0.3 is 0 Å². The van der Waals surface area contributed by atoms with Crippen LogP contribution in [0, 0.1) is 0 Å². The molecule has 0 saturated carbocycles. The maximum absolute atomic E-state index is 6.07. The van der Waals surface area contributed by atoms with Gasteiger partial charge in [-0.15, -0.1) is 6.58 Å². The van der Waals surface area contributed by atoms with Crippen LogP contribution in [0.1, 0.15) is 18.4 Å². The SMILES string of the molecule is C=CCC[C@@H](CN(C)Cc1cccnc1)Oc1cccc(OC)n1. The summed E-state index contributed by atoms with van der Waals surface area (Å²) >= 11 is 0. The van der Waals surface area contributed by atoms with Crippen LogP contribution in [0.15, 0.2) is 55.4 Å². The lowest BCUT2D eigenvalue weighted by Gasteiger charge is -2.24. The van der Waals surface area contributed by atoms with E-state index in [1.807, 2.05) is 30.5 Å². The van der Waals surface area contributed by atoms with Gasteiger partial charge in [0.1, 0.15) is 6.10 Å². The van der Waals surface area contributed by atoms with E-state index in [0.717, 1.165) is 25.9 Å². The van der Waals surface area contributed by atoms with E-state index in [4.69, 9.17) is 9.47 Å². The molecule has 0 fully saturated rings. The number of allylic oxidation sites excluding steroid dienone is 1. The van der Waals surface area contributed by atoms with Crippen molar-refractivity contribution in [2.75, 3.05) is 20.7 Å². The lowest BCUT2D eigenvalue weighted by molar-refractivity contribution is 0.131. The summed E-state index contributed by atoms with van der Waals surface area (Å²) in [5, 5.41) is 0. The molecule has 0 aromatic carbocycles. The van der Waals surface area contributed by atoms with Crippen LogP contribution in [0.4, 0.5) is 0 Å². The van der Waals surface area contributed by atoms with Crippen LogP contribution >= 0.6 is 0 Å². The van der Waals surface area contributed by atoms with Crippen molar-refractivity contribution >= 4 is 0 Å². The highest BCUT2D eigenvalue weighted by atomic mass is 16.5. The Morgan fingerprint density at radius 2 is 2.08 bits per heavy atom. The number of pyridine rings is 2. The molecule has 5 nitrogen and oxygen atoms in total. The Balaban J connectivity index is 1.97. The Labute approximate surface area is 144 Å². The Kier molecular flexibility index (Phi) is 7.23. The van der Waals surface area contributed by atoms with Crippen molar-refractivity contribution in [2.24, 2.45) is 0 Å². The molecule has 0 N–H and O–H groups in total. The molecular weight excluding hydrogens is 302 g/mol. The highest BCUT2D eigenvalue weighted by Gasteiger charge is 2.14. The zero-order valence-corrected chi connectivity index (χ0v) is 14.4. The first kappa shape index (κ1) is 17.9. The largest absolute Gasteiger partial charge is 0.481 e. The van der Waals surface area contributed by atoms with Gasteiger partial charge in [0.25, 0.3) is 0 Å². The number of rotatable bonds is 10. The van der Waals surface area contributed by atoms with Crippen molar-refractivity contribution in [2.45, 2.75) is 25.5 Å². The van der Waals surface area contributed by atoms with Crippen LogP contribution < -0.4 is 9.47 Å². The molecule has 5 heteroatoms. The van der Waals surface area contributed by atoms with E-state index in [2.05, 4.69) is 34.6 Å². The summed E-state index contributed by atoms with van der Waals surface area (Å²) in [5.41, 5.74) is 1.18. The van der Waals surface area contributed by atoms with Crippen LogP contribution in [-0.2, 0) is 6.54 Å². The Hall–Kier alpha value is -2.40. The van der Waals surface area contributed by atoms with Crippen molar-refractivity contribution < 1.29 is 9.47 Å². The molecule has 2 aromatic rings. The minimum atomic E-state index is 0.0317. The van der Waals surface area contributed by atoms with E-state index in [-0.39, 0.29) is 6.10 Å². The Morgan fingerprint density at radius 1 is 1.25 bits per heavy atom. The van der Waals surface area contributed by atoms with Gasteiger partial charge in [-0.25, -0.2) is 0 Å². The van der Waals surface area contributed by atoms with E-state index in [1.54, 1.807) is 19.4 Å². The molecule has 2 aromatic heterocycles. The summed E-state index contributed by atoms with van der Waals surface area (Å²) in [6.45, 7) is 5.42. The van der Waals surface area contributed by atoms with Crippen molar-refractivity contribution in [3.63, 3.8) is 0 Å². The number of methoxy groups -OCH3 is 1. The molecule has 0 unspecified atom stereocenters. The second-order valence-corrected chi connectivity index (χ2v) is 5.68. The van der Waals surface area contributed by atoms with Crippen molar-refractivity contribution in [1.82, 2.24) is 14.9 Å². The Bertz CT molecular complexity index is 619. The van der Waals surface area contributed by atoms with Gasteiger partial charge in [0, 0.05) is 37.6 Å². The van der Waals surface area contributed by atoms with Gasteiger partial charge in [0.2, 0.25) is 11.8 Å². The first-order valence-electron chi connectivity index (χ1n) is 8.07. The fraction of sp³-hybridized carbons (Fsp3) is 0.368. The van der Waals surface area contributed by atoms with Crippen LogP contribution in [-0.4, -0.2) is 41.7 Å². The highest BCUT2D eigenvalue weighted by Crippen LogP contribution is 2.17. The van der Waals surface area contributed by atoms with Crippen LogP contribution in [0.3, 0.4) is 0 Å². The molecule has 0 aliphatic carbocycles. The maximum atomic E-state index is 6.07. The number of aromatic nitrogens is 2. The third-order valence-electron chi connectivity index (χ3n) is 3.58. The van der Waals surface area contributed by atoms with Crippen LogP contribution in [0.2, 0.25) is 0 Å². The van der Waals surface area contributed by atoms with Gasteiger partial charge in [0.05, 0.1) is 7.11 Å². The normalized spacial score (nSPS) is 12.0. The van der Waals surface area contributed by atoms with Gasteiger partial charge < -0.3 is 9.47 Å². The first-order valence-corrected chi connectivity index (χ1v) is 8.07. The smallest absolute Gasteiger partial charge is 0.216 e. The second kappa shape index (κ2) is 9.67. The summed E-state index contributed by atoms with van der Waals surface area (Å²) < 4.78 is 11.2. The predicted octanol–water partition coefficient (Wildman–Crippen LogP) is 3.33. The molecular formula is C19H25N3O2. The molecule has 0 amide bonds.